The summed E-state index contributed by atoms with van der Waals surface area (Å²) >= 11 is 0. The summed E-state index contributed by atoms with van der Waals surface area (Å²) in [4.78, 5) is 12.4. The fraction of sp³-hybridized carbons (Fsp3) is 0.235. The lowest BCUT2D eigenvalue weighted by Gasteiger charge is -2.13. The first kappa shape index (κ1) is 14.9. The highest BCUT2D eigenvalue weighted by molar-refractivity contribution is 6.05. The average Bonchev–Trinajstić information content (AvgIpc) is 2.41. The van der Waals surface area contributed by atoms with Crippen molar-refractivity contribution in [2.24, 2.45) is 0 Å². The van der Waals surface area contributed by atoms with Crippen molar-refractivity contribution in [1.82, 2.24) is 0 Å². The van der Waals surface area contributed by atoms with Gasteiger partial charge in [0.05, 0.1) is 7.11 Å². The van der Waals surface area contributed by atoms with Gasteiger partial charge in [0.15, 0.2) is 0 Å². The van der Waals surface area contributed by atoms with Gasteiger partial charge in [0, 0.05) is 23.0 Å². The van der Waals surface area contributed by atoms with Crippen molar-refractivity contribution in [2.75, 3.05) is 18.2 Å². The molecule has 0 aliphatic rings. The first-order valence-corrected chi connectivity index (χ1v) is 6.74. The number of aryl methyl sites for hydroxylation is 3. The zero-order valence-electron chi connectivity index (χ0n) is 12.8. The summed E-state index contributed by atoms with van der Waals surface area (Å²) in [5.41, 5.74) is 10.9. The Morgan fingerprint density at radius 1 is 1.05 bits per heavy atom. The molecule has 2 rings (SSSR count). The van der Waals surface area contributed by atoms with Crippen molar-refractivity contribution < 1.29 is 9.53 Å². The second kappa shape index (κ2) is 5.87. The lowest BCUT2D eigenvalue weighted by atomic mass is 10.0. The Morgan fingerprint density at radius 2 is 1.67 bits per heavy atom. The van der Waals surface area contributed by atoms with Gasteiger partial charge < -0.3 is 15.8 Å². The van der Waals surface area contributed by atoms with Crippen LogP contribution in [0.25, 0.3) is 0 Å². The second-order valence-electron chi connectivity index (χ2n) is 5.22. The van der Waals surface area contributed by atoms with Crippen LogP contribution < -0.4 is 15.8 Å². The highest BCUT2D eigenvalue weighted by Crippen LogP contribution is 2.24. The first-order chi connectivity index (χ1) is 9.90. The van der Waals surface area contributed by atoms with Gasteiger partial charge in [0.2, 0.25) is 0 Å². The normalized spacial score (nSPS) is 10.3. The third kappa shape index (κ3) is 3.34. The van der Waals surface area contributed by atoms with E-state index in [-0.39, 0.29) is 5.91 Å². The number of methoxy groups -OCH3 is 1. The van der Waals surface area contributed by atoms with Gasteiger partial charge in [-0.25, -0.2) is 0 Å². The fourth-order valence-electron chi connectivity index (χ4n) is 2.43. The minimum Gasteiger partial charge on any atom is -0.497 e. The van der Waals surface area contributed by atoms with E-state index in [0.29, 0.717) is 17.0 Å². The van der Waals surface area contributed by atoms with E-state index in [2.05, 4.69) is 5.32 Å². The summed E-state index contributed by atoms with van der Waals surface area (Å²) in [5.74, 6) is 0.369. The van der Waals surface area contributed by atoms with E-state index in [1.165, 1.54) is 5.56 Å². The quantitative estimate of drug-likeness (QED) is 0.848. The van der Waals surface area contributed by atoms with Crippen molar-refractivity contribution in [3.63, 3.8) is 0 Å². The average molecular weight is 284 g/mol. The molecule has 3 N–H and O–H groups in total. The van der Waals surface area contributed by atoms with Crippen LogP contribution in [0.1, 0.15) is 27.0 Å². The number of nitrogens with one attached hydrogen (secondary N) is 1. The van der Waals surface area contributed by atoms with Gasteiger partial charge in [-0.15, -0.1) is 0 Å². The molecular formula is C17H20N2O2. The number of carbonyl (C=O) groups is 1. The summed E-state index contributed by atoms with van der Waals surface area (Å²) in [6, 6.07) is 9.07. The largest absolute Gasteiger partial charge is 0.497 e. The Balaban J connectivity index is 2.32. The molecule has 4 heteroatoms. The Morgan fingerprint density at radius 3 is 2.24 bits per heavy atom. The van der Waals surface area contributed by atoms with Gasteiger partial charge >= 0.3 is 0 Å². The van der Waals surface area contributed by atoms with Crippen LogP contribution in [0.5, 0.6) is 5.75 Å². The van der Waals surface area contributed by atoms with E-state index in [1.807, 2.05) is 32.9 Å². The number of hydrogen-bond donors (Lipinski definition) is 2. The molecule has 0 atom stereocenters. The molecule has 0 unspecified atom stereocenters. The highest BCUT2D eigenvalue weighted by atomic mass is 16.5. The summed E-state index contributed by atoms with van der Waals surface area (Å²) < 4.78 is 5.14. The number of amides is 1. The molecular weight excluding hydrogens is 264 g/mol. The van der Waals surface area contributed by atoms with E-state index < -0.39 is 0 Å². The van der Waals surface area contributed by atoms with Crippen molar-refractivity contribution >= 4 is 17.3 Å². The molecule has 2 aromatic carbocycles. The van der Waals surface area contributed by atoms with Crippen LogP contribution in [-0.4, -0.2) is 13.0 Å². The van der Waals surface area contributed by atoms with Crippen LogP contribution in [0.3, 0.4) is 0 Å². The molecule has 0 heterocycles. The Labute approximate surface area is 124 Å². The molecule has 1 amide bonds. The van der Waals surface area contributed by atoms with E-state index in [0.717, 1.165) is 16.8 Å². The van der Waals surface area contributed by atoms with E-state index in [1.54, 1.807) is 25.3 Å². The fourth-order valence-corrected chi connectivity index (χ4v) is 2.43. The molecule has 0 fully saturated rings. The zero-order valence-corrected chi connectivity index (χ0v) is 12.8. The highest BCUT2D eigenvalue weighted by Gasteiger charge is 2.12. The van der Waals surface area contributed by atoms with E-state index >= 15 is 0 Å². The molecule has 110 valence electrons. The van der Waals surface area contributed by atoms with E-state index in [9.17, 15) is 4.79 Å². The first-order valence-electron chi connectivity index (χ1n) is 6.74. The van der Waals surface area contributed by atoms with Gasteiger partial charge in [-0.3, -0.25) is 4.79 Å². The van der Waals surface area contributed by atoms with Gasteiger partial charge in [-0.1, -0.05) is 17.7 Å². The molecule has 0 aromatic heterocycles. The predicted octanol–water partition coefficient (Wildman–Crippen LogP) is 3.45. The van der Waals surface area contributed by atoms with Gasteiger partial charge in [0.1, 0.15) is 5.75 Å². The smallest absolute Gasteiger partial charge is 0.255 e. The lowest BCUT2D eigenvalue weighted by molar-refractivity contribution is 0.102. The number of anilines is 2. The summed E-state index contributed by atoms with van der Waals surface area (Å²) in [6.45, 7) is 6.00. The molecule has 0 bridgehead atoms. The number of carbonyl (C=O) groups excluding carboxylic acids is 1. The minimum absolute atomic E-state index is 0.198. The monoisotopic (exact) mass is 284 g/mol. The summed E-state index contributed by atoms with van der Waals surface area (Å²) in [6.07, 6.45) is 0. The molecule has 0 radical (unpaired) electrons. The number of nitrogens with two attached hydrogens (primary N) is 1. The van der Waals surface area contributed by atoms with Crippen LogP contribution >= 0.6 is 0 Å². The van der Waals surface area contributed by atoms with Crippen LogP contribution in [0.15, 0.2) is 30.3 Å². The number of benzene rings is 2. The van der Waals surface area contributed by atoms with Gasteiger partial charge in [-0.05, 0) is 44.0 Å². The number of hydrogen-bond acceptors (Lipinski definition) is 3. The lowest BCUT2D eigenvalue weighted by Crippen LogP contribution is -2.14. The number of nitrogen functional groups attached to an aromatic ring is 1. The van der Waals surface area contributed by atoms with Crippen molar-refractivity contribution in [3.8, 4) is 5.75 Å². The predicted molar refractivity (Wildman–Crippen MR) is 86.0 cm³/mol. The van der Waals surface area contributed by atoms with Crippen LogP contribution in [-0.2, 0) is 0 Å². The molecule has 0 saturated carbocycles. The Kier molecular flexibility index (Phi) is 4.17. The van der Waals surface area contributed by atoms with Crippen LogP contribution in [0.4, 0.5) is 11.4 Å². The molecule has 4 nitrogen and oxygen atoms in total. The summed E-state index contributed by atoms with van der Waals surface area (Å²) in [5, 5.41) is 2.95. The molecule has 0 saturated heterocycles. The third-order valence-corrected chi connectivity index (χ3v) is 3.34. The minimum atomic E-state index is -0.198. The van der Waals surface area contributed by atoms with Crippen LogP contribution in [0.2, 0.25) is 0 Å². The SMILES string of the molecule is COc1cc(N)cc(C(=O)Nc2c(C)cc(C)cc2C)c1. The third-order valence-electron chi connectivity index (χ3n) is 3.34. The summed E-state index contributed by atoms with van der Waals surface area (Å²) in [7, 11) is 1.55. The second-order valence-corrected chi connectivity index (χ2v) is 5.22. The van der Waals surface area contributed by atoms with E-state index in [4.69, 9.17) is 10.5 Å². The van der Waals surface area contributed by atoms with Crippen molar-refractivity contribution in [1.29, 1.82) is 0 Å². The zero-order chi connectivity index (χ0) is 15.6. The molecule has 21 heavy (non-hydrogen) atoms. The van der Waals surface area contributed by atoms with Gasteiger partial charge in [0.25, 0.3) is 5.91 Å². The Bertz CT molecular complexity index is 670. The number of rotatable bonds is 3. The molecule has 0 aliphatic heterocycles. The van der Waals surface area contributed by atoms with Gasteiger partial charge in [-0.2, -0.15) is 0 Å². The number of ether oxygens (including phenoxy) is 1. The van der Waals surface area contributed by atoms with Crippen LogP contribution in [0, 0.1) is 20.8 Å². The maximum atomic E-state index is 12.4. The van der Waals surface area contributed by atoms with Crippen molar-refractivity contribution in [3.05, 3.63) is 52.6 Å². The maximum Gasteiger partial charge on any atom is 0.255 e. The standard InChI is InChI=1S/C17H20N2O2/c1-10-5-11(2)16(12(3)6-10)19-17(20)13-7-14(18)9-15(8-13)21-4/h5-9H,18H2,1-4H3,(H,19,20). The maximum absolute atomic E-state index is 12.4. The topological polar surface area (TPSA) is 64.3 Å². The molecule has 0 spiro atoms. The Hall–Kier alpha value is -2.49. The molecule has 0 aliphatic carbocycles. The van der Waals surface area contributed by atoms with Crippen molar-refractivity contribution in [2.45, 2.75) is 20.8 Å². The molecule has 2 aromatic rings.